The molecular weight excluding hydrogens is 380 g/mol. The molecule has 9 nitrogen and oxygen atoms in total. The van der Waals surface area contributed by atoms with Crippen LogP contribution in [-0.4, -0.2) is 35.8 Å². The molecule has 0 fully saturated rings. The molecule has 0 saturated heterocycles. The fourth-order valence-corrected chi connectivity index (χ4v) is 2.27. The standard InChI is InChI=1S/C20H20N2O7/c1-2-3-19(24)21-15-6-4-14(5-7-15)18(23)12-29-20(25)13-28-17-10-8-16(9-11-17)22(26)27/h4-11H,2-3,12-13H2,1H3,(H,21,24). The lowest BCUT2D eigenvalue weighted by atomic mass is 10.1. The Bertz CT molecular complexity index is 877. The molecule has 0 unspecified atom stereocenters. The summed E-state index contributed by atoms with van der Waals surface area (Å²) in [5, 5.41) is 13.3. The largest absolute Gasteiger partial charge is 0.482 e. The number of nitrogens with one attached hydrogen (secondary N) is 1. The Morgan fingerprint density at radius 3 is 2.24 bits per heavy atom. The fourth-order valence-electron chi connectivity index (χ4n) is 2.27. The van der Waals surface area contributed by atoms with Crippen molar-refractivity contribution in [2.75, 3.05) is 18.5 Å². The number of anilines is 1. The molecule has 0 bridgehead atoms. The zero-order valence-electron chi connectivity index (χ0n) is 15.8. The van der Waals surface area contributed by atoms with Gasteiger partial charge in [0.15, 0.2) is 19.0 Å². The Morgan fingerprint density at radius 1 is 1.00 bits per heavy atom. The molecule has 0 aromatic heterocycles. The summed E-state index contributed by atoms with van der Waals surface area (Å²) in [6.45, 7) is 1.01. The van der Waals surface area contributed by atoms with Gasteiger partial charge in [-0.15, -0.1) is 0 Å². The maximum absolute atomic E-state index is 12.1. The molecule has 1 N–H and O–H groups in total. The van der Waals surface area contributed by atoms with Crippen LogP contribution >= 0.6 is 0 Å². The topological polar surface area (TPSA) is 125 Å². The van der Waals surface area contributed by atoms with E-state index in [2.05, 4.69) is 5.32 Å². The third-order valence-electron chi connectivity index (χ3n) is 3.74. The third-order valence-corrected chi connectivity index (χ3v) is 3.74. The van der Waals surface area contributed by atoms with E-state index in [9.17, 15) is 24.5 Å². The van der Waals surface area contributed by atoms with Crippen molar-refractivity contribution in [1.29, 1.82) is 0 Å². The molecule has 1 amide bonds. The molecule has 0 aliphatic carbocycles. The molecule has 0 radical (unpaired) electrons. The van der Waals surface area contributed by atoms with Crippen molar-refractivity contribution in [3.05, 3.63) is 64.2 Å². The van der Waals surface area contributed by atoms with Gasteiger partial charge in [-0.1, -0.05) is 6.92 Å². The van der Waals surface area contributed by atoms with Gasteiger partial charge in [0.1, 0.15) is 5.75 Å². The second-order valence-corrected chi connectivity index (χ2v) is 6.00. The normalized spacial score (nSPS) is 10.1. The molecule has 0 saturated carbocycles. The summed E-state index contributed by atoms with van der Waals surface area (Å²) in [6, 6.07) is 11.5. The maximum atomic E-state index is 12.1. The number of nitro groups is 1. The molecule has 9 heteroatoms. The first kappa shape index (κ1) is 21.5. The van der Waals surface area contributed by atoms with Crippen LogP contribution in [-0.2, 0) is 14.3 Å². The first-order valence-corrected chi connectivity index (χ1v) is 8.85. The van der Waals surface area contributed by atoms with E-state index in [4.69, 9.17) is 9.47 Å². The summed E-state index contributed by atoms with van der Waals surface area (Å²) in [4.78, 5) is 45.4. The molecule has 29 heavy (non-hydrogen) atoms. The van der Waals surface area contributed by atoms with Gasteiger partial charge in [0, 0.05) is 29.8 Å². The first-order valence-electron chi connectivity index (χ1n) is 8.85. The van der Waals surface area contributed by atoms with Crippen LogP contribution in [0.3, 0.4) is 0 Å². The SMILES string of the molecule is CCCC(=O)Nc1ccc(C(=O)COC(=O)COc2ccc([N+](=O)[O-])cc2)cc1. The summed E-state index contributed by atoms with van der Waals surface area (Å²) >= 11 is 0. The van der Waals surface area contributed by atoms with Crippen LogP contribution in [0.15, 0.2) is 48.5 Å². The number of non-ortho nitro benzene ring substituents is 1. The maximum Gasteiger partial charge on any atom is 0.344 e. The number of Topliss-reactive ketones (excluding diaryl/α,β-unsaturated/α-hetero) is 1. The number of amides is 1. The summed E-state index contributed by atoms with van der Waals surface area (Å²) in [6.07, 6.45) is 1.15. The number of rotatable bonds is 10. The highest BCUT2D eigenvalue weighted by molar-refractivity contribution is 5.98. The lowest BCUT2D eigenvalue weighted by Gasteiger charge is -2.08. The summed E-state index contributed by atoms with van der Waals surface area (Å²) < 4.78 is 10.0. The highest BCUT2D eigenvalue weighted by Crippen LogP contribution is 2.17. The van der Waals surface area contributed by atoms with Gasteiger partial charge in [-0.25, -0.2) is 4.79 Å². The third kappa shape index (κ3) is 7.06. The average Bonchev–Trinajstić information content (AvgIpc) is 2.71. The molecule has 2 rings (SSSR count). The molecule has 2 aromatic carbocycles. The predicted molar refractivity (Wildman–Crippen MR) is 104 cm³/mol. The molecule has 152 valence electrons. The Hall–Kier alpha value is -3.75. The molecule has 0 spiro atoms. The molecule has 0 atom stereocenters. The van der Waals surface area contributed by atoms with E-state index in [1.54, 1.807) is 12.1 Å². The minimum absolute atomic E-state index is 0.0959. The Balaban J connectivity index is 1.77. The lowest BCUT2D eigenvalue weighted by molar-refractivity contribution is -0.384. The van der Waals surface area contributed by atoms with Crippen LogP contribution < -0.4 is 10.1 Å². The van der Waals surface area contributed by atoms with E-state index >= 15 is 0 Å². The van der Waals surface area contributed by atoms with Gasteiger partial charge in [0.25, 0.3) is 5.69 Å². The van der Waals surface area contributed by atoms with E-state index in [-0.39, 0.29) is 17.3 Å². The van der Waals surface area contributed by atoms with Crippen LogP contribution in [0.1, 0.15) is 30.1 Å². The Kier molecular flexibility index (Phi) is 7.84. The Labute approximate surface area is 166 Å². The van der Waals surface area contributed by atoms with Crippen LogP contribution in [0.5, 0.6) is 5.75 Å². The van der Waals surface area contributed by atoms with Crippen molar-refractivity contribution in [1.82, 2.24) is 0 Å². The van der Waals surface area contributed by atoms with E-state index in [0.717, 1.165) is 6.42 Å². The summed E-state index contributed by atoms with van der Waals surface area (Å²) in [5.41, 5.74) is 0.817. The number of nitrogens with zero attached hydrogens (tertiary/aromatic N) is 1. The zero-order valence-corrected chi connectivity index (χ0v) is 15.8. The van der Waals surface area contributed by atoms with Crippen LogP contribution in [0.4, 0.5) is 11.4 Å². The van der Waals surface area contributed by atoms with Crippen LogP contribution in [0, 0.1) is 10.1 Å². The second-order valence-electron chi connectivity index (χ2n) is 6.00. The number of hydrogen-bond donors (Lipinski definition) is 1. The number of esters is 1. The predicted octanol–water partition coefficient (Wildman–Crippen LogP) is 3.14. The van der Waals surface area contributed by atoms with Crippen molar-refractivity contribution in [3.63, 3.8) is 0 Å². The molecular formula is C20H20N2O7. The van der Waals surface area contributed by atoms with E-state index in [0.29, 0.717) is 17.7 Å². The minimum atomic E-state index is -0.750. The number of carbonyl (C=O) groups excluding carboxylic acids is 3. The molecule has 0 heterocycles. The summed E-state index contributed by atoms with van der Waals surface area (Å²) in [5.74, 6) is -0.992. The van der Waals surface area contributed by atoms with E-state index < -0.39 is 29.9 Å². The van der Waals surface area contributed by atoms with Gasteiger partial charge in [-0.05, 0) is 42.8 Å². The quantitative estimate of drug-likeness (QED) is 0.281. The number of ether oxygens (including phenoxy) is 2. The number of ketones is 1. The molecule has 0 aliphatic heterocycles. The average molecular weight is 400 g/mol. The van der Waals surface area contributed by atoms with Gasteiger partial charge in [-0.3, -0.25) is 19.7 Å². The fraction of sp³-hybridized carbons (Fsp3) is 0.250. The van der Waals surface area contributed by atoms with Gasteiger partial charge in [0.05, 0.1) is 4.92 Å². The number of hydrogen-bond acceptors (Lipinski definition) is 7. The van der Waals surface area contributed by atoms with Crippen molar-refractivity contribution in [3.8, 4) is 5.75 Å². The number of carbonyl (C=O) groups is 3. The number of nitro benzene ring substituents is 1. The van der Waals surface area contributed by atoms with Gasteiger partial charge in [0.2, 0.25) is 5.91 Å². The highest BCUT2D eigenvalue weighted by Gasteiger charge is 2.12. The van der Waals surface area contributed by atoms with Gasteiger partial charge >= 0.3 is 5.97 Å². The van der Waals surface area contributed by atoms with Crippen LogP contribution in [0.25, 0.3) is 0 Å². The Morgan fingerprint density at radius 2 is 1.66 bits per heavy atom. The first-order chi connectivity index (χ1) is 13.9. The second kappa shape index (κ2) is 10.5. The zero-order chi connectivity index (χ0) is 21.2. The highest BCUT2D eigenvalue weighted by atomic mass is 16.6. The van der Waals surface area contributed by atoms with Gasteiger partial charge in [-0.2, -0.15) is 0 Å². The van der Waals surface area contributed by atoms with Crippen molar-refractivity contribution in [2.24, 2.45) is 0 Å². The van der Waals surface area contributed by atoms with Crippen molar-refractivity contribution >= 4 is 29.0 Å². The van der Waals surface area contributed by atoms with Crippen molar-refractivity contribution in [2.45, 2.75) is 19.8 Å². The molecule has 0 aliphatic rings. The summed E-state index contributed by atoms with van der Waals surface area (Å²) in [7, 11) is 0. The number of benzene rings is 2. The van der Waals surface area contributed by atoms with E-state index in [1.807, 2.05) is 6.92 Å². The van der Waals surface area contributed by atoms with Crippen molar-refractivity contribution < 1.29 is 28.8 Å². The molecule has 2 aromatic rings. The van der Waals surface area contributed by atoms with Crippen LogP contribution in [0.2, 0.25) is 0 Å². The smallest absolute Gasteiger partial charge is 0.344 e. The minimum Gasteiger partial charge on any atom is -0.482 e. The monoisotopic (exact) mass is 400 g/mol. The van der Waals surface area contributed by atoms with E-state index in [1.165, 1.54) is 36.4 Å². The lowest BCUT2D eigenvalue weighted by Crippen LogP contribution is -2.19. The van der Waals surface area contributed by atoms with Gasteiger partial charge < -0.3 is 14.8 Å².